The topological polar surface area (TPSA) is 41.1 Å². The second-order valence-electron chi connectivity index (χ2n) is 4.48. The van der Waals surface area contributed by atoms with Crippen molar-refractivity contribution in [2.45, 2.75) is 38.8 Å². The molecule has 0 saturated carbocycles. The fourth-order valence-corrected chi connectivity index (χ4v) is 2.95. The third kappa shape index (κ3) is 2.62. The van der Waals surface area contributed by atoms with E-state index in [-0.39, 0.29) is 5.91 Å². The van der Waals surface area contributed by atoms with Crippen LogP contribution in [-0.2, 0) is 0 Å². The van der Waals surface area contributed by atoms with Crippen LogP contribution in [0.2, 0.25) is 0 Å². The molecule has 0 bridgehead atoms. The average molecular weight is 238 g/mol. The summed E-state index contributed by atoms with van der Waals surface area (Å²) in [6, 6.07) is 2.82. The van der Waals surface area contributed by atoms with Crippen molar-refractivity contribution in [2.24, 2.45) is 0 Å². The lowest BCUT2D eigenvalue weighted by Gasteiger charge is -2.28. The van der Waals surface area contributed by atoms with Gasteiger partial charge in [0, 0.05) is 12.1 Å². The highest BCUT2D eigenvalue weighted by Crippen LogP contribution is 2.16. The van der Waals surface area contributed by atoms with Gasteiger partial charge in [-0.3, -0.25) is 4.79 Å². The first kappa shape index (κ1) is 11.6. The molecule has 1 aliphatic rings. The van der Waals surface area contributed by atoms with Gasteiger partial charge in [0.25, 0.3) is 5.91 Å². The first-order chi connectivity index (χ1) is 7.66. The molecule has 2 heterocycles. The zero-order valence-electron chi connectivity index (χ0n) is 9.75. The Morgan fingerprint density at radius 2 is 2.44 bits per heavy atom. The zero-order chi connectivity index (χ0) is 11.5. The highest BCUT2D eigenvalue weighted by atomic mass is 32.1. The molecule has 2 unspecified atom stereocenters. The molecule has 0 spiro atoms. The number of hydrogen-bond donors (Lipinski definition) is 2. The quantitative estimate of drug-likeness (QED) is 0.826. The summed E-state index contributed by atoms with van der Waals surface area (Å²) in [7, 11) is 0. The number of aryl methyl sites for hydroxylation is 1. The molecule has 0 aliphatic carbocycles. The van der Waals surface area contributed by atoms with E-state index >= 15 is 0 Å². The fourth-order valence-electron chi connectivity index (χ4n) is 2.12. The third-order valence-corrected chi connectivity index (χ3v) is 4.04. The minimum atomic E-state index is 0.0894. The highest BCUT2D eigenvalue weighted by Gasteiger charge is 2.21. The first-order valence-electron chi connectivity index (χ1n) is 5.75. The van der Waals surface area contributed by atoms with Crippen molar-refractivity contribution < 1.29 is 4.79 Å². The number of hydrogen-bond acceptors (Lipinski definition) is 3. The molecule has 1 saturated heterocycles. The summed E-state index contributed by atoms with van der Waals surface area (Å²) >= 11 is 1.52. The van der Waals surface area contributed by atoms with Crippen LogP contribution in [0.3, 0.4) is 0 Å². The second-order valence-corrected chi connectivity index (χ2v) is 5.40. The van der Waals surface area contributed by atoms with Crippen molar-refractivity contribution in [3.63, 3.8) is 0 Å². The van der Waals surface area contributed by atoms with Gasteiger partial charge in [0.1, 0.15) is 0 Å². The highest BCUT2D eigenvalue weighted by molar-refractivity contribution is 7.12. The summed E-state index contributed by atoms with van der Waals surface area (Å²) in [6.45, 7) is 5.14. The number of carbonyl (C=O) groups excluding carboxylic acids is 1. The summed E-state index contributed by atoms with van der Waals surface area (Å²) in [5.41, 5.74) is 1.07. The molecule has 2 atom stereocenters. The normalized spacial score (nSPS) is 25.4. The van der Waals surface area contributed by atoms with Crippen molar-refractivity contribution >= 4 is 17.2 Å². The largest absolute Gasteiger partial charge is 0.348 e. The van der Waals surface area contributed by atoms with E-state index in [0.29, 0.717) is 12.1 Å². The zero-order valence-corrected chi connectivity index (χ0v) is 10.6. The molecule has 2 rings (SSSR count). The predicted molar refractivity (Wildman–Crippen MR) is 67.0 cm³/mol. The van der Waals surface area contributed by atoms with Gasteiger partial charge < -0.3 is 10.6 Å². The van der Waals surface area contributed by atoms with Crippen molar-refractivity contribution in [1.29, 1.82) is 0 Å². The number of amides is 1. The summed E-state index contributed by atoms with van der Waals surface area (Å²) in [5.74, 6) is 0.0894. The summed E-state index contributed by atoms with van der Waals surface area (Å²) < 4.78 is 0. The molecule has 1 aromatic rings. The predicted octanol–water partition coefficient (Wildman–Crippen LogP) is 1.93. The minimum Gasteiger partial charge on any atom is -0.348 e. The summed E-state index contributed by atoms with van der Waals surface area (Å²) in [4.78, 5) is 12.8. The molecule has 4 heteroatoms. The maximum absolute atomic E-state index is 12.0. The monoisotopic (exact) mass is 238 g/mol. The van der Waals surface area contributed by atoms with E-state index in [1.807, 2.05) is 18.4 Å². The Kier molecular flexibility index (Phi) is 3.61. The lowest BCUT2D eigenvalue weighted by molar-refractivity contribution is 0.0929. The van der Waals surface area contributed by atoms with Crippen LogP contribution in [0.15, 0.2) is 11.4 Å². The molecule has 1 aliphatic heterocycles. The van der Waals surface area contributed by atoms with Crippen LogP contribution in [0.1, 0.15) is 35.0 Å². The van der Waals surface area contributed by atoms with Crippen molar-refractivity contribution in [3.05, 3.63) is 21.9 Å². The molecule has 1 fully saturated rings. The molecule has 3 nitrogen and oxygen atoms in total. The Morgan fingerprint density at radius 1 is 1.62 bits per heavy atom. The van der Waals surface area contributed by atoms with Gasteiger partial charge in [-0.1, -0.05) is 0 Å². The summed E-state index contributed by atoms with van der Waals surface area (Å²) in [6.07, 6.45) is 2.05. The van der Waals surface area contributed by atoms with E-state index in [0.717, 1.165) is 29.8 Å². The summed E-state index contributed by atoms with van der Waals surface area (Å²) in [5, 5.41) is 8.47. The molecule has 0 radical (unpaired) electrons. The Labute approximate surface area is 100 Å². The molecule has 16 heavy (non-hydrogen) atoms. The molecule has 1 amide bonds. The lowest BCUT2D eigenvalue weighted by Crippen LogP contribution is -2.46. The van der Waals surface area contributed by atoms with Crippen LogP contribution < -0.4 is 10.6 Å². The Hall–Kier alpha value is -0.870. The van der Waals surface area contributed by atoms with Gasteiger partial charge in [-0.25, -0.2) is 0 Å². The van der Waals surface area contributed by atoms with E-state index in [4.69, 9.17) is 0 Å². The van der Waals surface area contributed by atoms with Gasteiger partial charge >= 0.3 is 0 Å². The SMILES string of the molecule is Cc1ccsc1C(=O)NC1CCNC(C)C1. The van der Waals surface area contributed by atoms with Crippen LogP contribution in [-0.4, -0.2) is 24.5 Å². The van der Waals surface area contributed by atoms with Gasteiger partial charge in [-0.15, -0.1) is 11.3 Å². The van der Waals surface area contributed by atoms with Crippen molar-refractivity contribution in [1.82, 2.24) is 10.6 Å². The maximum atomic E-state index is 12.0. The number of rotatable bonds is 2. The molecule has 88 valence electrons. The van der Waals surface area contributed by atoms with Crippen molar-refractivity contribution in [2.75, 3.05) is 6.54 Å². The number of piperidine rings is 1. The molecule has 1 aromatic heterocycles. The van der Waals surface area contributed by atoms with E-state index in [1.54, 1.807) is 0 Å². The van der Waals surface area contributed by atoms with E-state index in [9.17, 15) is 4.79 Å². The Balaban J connectivity index is 1.95. The van der Waals surface area contributed by atoms with Crippen LogP contribution >= 0.6 is 11.3 Å². The Morgan fingerprint density at radius 3 is 3.06 bits per heavy atom. The van der Waals surface area contributed by atoms with Crippen LogP contribution in [0.5, 0.6) is 0 Å². The van der Waals surface area contributed by atoms with Crippen LogP contribution in [0, 0.1) is 6.92 Å². The first-order valence-corrected chi connectivity index (χ1v) is 6.63. The minimum absolute atomic E-state index is 0.0894. The number of nitrogens with one attached hydrogen (secondary N) is 2. The van der Waals surface area contributed by atoms with Crippen molar-refractivity contribution in [3.8, 4) is 0 Å². The maximum Gasteiger partial charge on any atom is 0.261 e. The molecular weight excluding hydrogens is 220 g/mol. The fraction of sp³-hybridized carbons (Fsp3) is 0.583. The Bertz CT molecular complexity index is 375. The lowest BCUT2D eigenvalue weighted by atomic mass is 10.0. The smallest absolute Gasteiger partial charge is 0.261 e. The standard InChI is InChI=1S/C12H18N2OS/c1-8-4-6-16-11(8)12(15)14-10-3-5-13-9(2)7-10/h4,6,9-10,13H,3,5,7H2,1-2H3,(H,14,15). The van der Waals surface area contributed by atoms with Crippen LogP contribution in [0.4, 0.5) is 0 Å². The molecule has 0 aromatic carbocycles. The average Bonchev–Trinajstić information content (AvgIpc) is 2.64. The molecule has 2 N–H and O–H groups in total. The van der Waals surface area contributed by atoms with Gasteiger partial charge in [-0.2, -0.15) is 0 Å². The number of carbonyl (C=O) groups is 1. The third-order valence-electron chi connectivity index (χ3n) is 3.03. The van der Waals surface area contributed by atoms with Gasteiger partial charge in [0.2, 0.25) is 0 Å². The molecular formula is C12H18N2OS. The van der Waals surface area contributed by atoms with E-state index < -0.39 is 0 Å². The van der Waals surface area contributed by atoms with Crippen LogP contribution in [0.25, 0.3) is 0 Å². The van der Waals surface area contributed by atoms with Gasteiger partial charge in [0.05, 0.1) is 4.88 Å². The van der Waals surface area contributed by atoms with Gasteiger partial charge in [0.15, 0.2) is 0 Å². The second kappa shape index (κ2) is 4.97. The van der Waals surface area contributed by atoms with Gasteiger partial charge in [-0.05, 0) is 50.2 Å². The number of thiophene rings is 1. The van der Waals surface area contributed by atoms with E-state index in [2.05, 4.69) is 17.6 Å². The van der Waals surface area contributed by atoms with E-state index in [1.165, 1.54) is 11.3 Å².